The molecule has 0 N–H and O–H groups in total. The van der Waals surface area contributed by atoms with Crippen molar-refractivity contribution in [2.75, 3.05) is 38.9 Å². The van der Waals surface area contributed by atoms with Crippen LogP contribution < -0.4 is 23.8 Å². The molecule has 170 valence electrons. The molecule has 3 aromatic rings. The van der Waals surface area contributed by atoms with E-state index in [2.05, 4.69) is 0 Å². The maximum Gasteiger partial charge on any atom is 0.231 e. The number of benzene rings is 3. The van der Waals surface area contributed by atoms with Gasteiger partial charge in [-0.2, -0.15) is 0 Å². The topological polar surface area (TPSA) is 57.2 Å². The molecule has 0 saturated heterocycles. The third-order valence-corrected chi connectivity index (χ3v) is 5.34. The van der Waals surface area contributed by atoms with Gasteiger partial charge in [0.05, 0.1) is 20.6 Å². The molecule has 33 heavy (non-hydrogen) atoms. The van der Waals surface area contributed by atoms with Crippen molar-refractivity contribution in [3.05, 3.63) is 83.9 Å². The summed E-state index contributed by atoms with van der Waals surface area (Å²) in [5, 5.41) is 0. The number of ether oxygens (including phenoxy) is 4. The van der Waals surface area contributed by atoms with Gasteiger partial charge in [0, 0.05) is 18.3 Å². The van der Waals surface area contributed by atoms with Crippen LogP contribution in [0.2, 0.25) is 0 Å². The zero-order valence-electron chi connectivity index (χ0n) is 18.8. The van der Waals surface area contributed by atoms with Crippen molar-refractivity contribution in [2.45, 2.75) is 6.42 Å². The number of anilines is 1. The molecule has 1 heterocycles. The van der Waals surface area contributed by atoms with Gasteiger partial charge in [0.2, 0.25) is 5.91 Å². The Balaban J connectivity index is 1.59. The van der Waals surface area contributed by atoms with E-state index in [1.165, 1.54) is 0 Å². The molecule has 0 aliphatic carbocycles. The molecule has 3 aromatic carbocycles. The Kier molecular flexibility index (Phi) is 7.15. The van der Waals surface area contributed by atoms with E-state index in [-0.39, 0.29) is 12.3 Å². The fourth-order valence-corrected chi connectivity index (χ4v) is 3.67. The number of hydrogen-bond donors (Lipinski definition) is 0. The monoisotopic (exact) mass is 445 g/mol. The van der Waals surface area contributed by atoms with Crippen molar-refractivity contribution in [1.82, 2.24) is 0 Å². The van der Waals surface area contributed by atoms with Gasteiger partial charge < -0.3 is 23.8 Å². The van der Waals surface area contributed by atoms with Crippen LogP contribution in [0.15, 0.2) is 72.8 Å². The lowest BCUT2D eigenvalue weighted by atomic mass is 10.1. The first-order chi connectivity index (χ1) is 16.2. The number of rotatable bonds is 8. The largest absolute Gasteiger partial charge is 0.493 e. The highest BCUT2D eigenvalue weighted by Crippen LogP contribution is 2.34. The summed E-state index contributed by atoms with van der Waals surface area (Å²) in [5.41, 5.74) is 2.67. The lowest BCUT2D eigenvalue weighted by Crippen LogP contribution is -2.32. The molecule has 0 radical (unpaired) electrons. The molecule has 1 amide bonds. The van der Waals surface area contributed by atoms with E-state index in [4.69, 9.17) is 18.9 Å². The number of methoxy groups -OCH3 is 2. The van der Waals surface area contributed by atoms with Crippen molar-refractivity contribution >= 4 is 17.7 Å². The standard InChI is InChI=1S/C27H27NO5/c1-30-23-12-10-21(17-25(23)31-2)18-27(29)28(14-6-9-20-7-4-3-5-8-20)22-11-13-24-26(19-22)33-16-15-32-24/h3-13,17,19H,14-16,18H2,1-2H3/b9-6+. The van der Waals surface area contributed by atoms with E-state index in [1.54, 1.807) is 19.1 Å². The van der Waals surface area contributed by atoms with E-state index in [9.17, 15) is 4.79 Å². The van der Waals surface area contributed by atoms with Crippen molar-refractivity contribution in [3.8, 4) is 23.0 Å². The number of carbonyl (C=O) groups is 1. The highest BCUT2D eigenvalue weighted by Gasteiger charge is 2.20. The summed E-state index contributed by atoms with van der Waals surface area (Å²) in [6, 6.07) is 21.1. The van der Waals surface area contributed by atoms with Gasteiger partial charge in [0.25, 0.3) is 0 Å². The molecule has 0 bridgehead atoms. The van der Waals surface area contributed by atoms with Gasteiger partial charge in [-0.15, -0.1) is 0 Å². The highest BCUT2D eigenvalue weighted by atomic mass is 16.6. The first-order valence-corrected chi connectivity index (χ1v) is 10.8. The predicted octanol–water partition coefficient (Wildman–Crippen LogP) is 4.76. The van der Waals surface area contributed by atoms with Gasteiger partial charge in [-0.3, -0.25) is 4.79 Å². The summed E-state index contributed by atoms with van der Waals surface area (Å²) in [7, 11) is 3.17. The third-order valence-electron chi connectivity index (χ3n) is 5.34. The fraction of sp³-hybridized carbons (Fsp3) is 0.222. The van der Waals surface area contributed by atoms with Crippen LogP contribution in [0.5, 0.6) is 23.0 Å². The van der Waals surface area contributed by atoms with Crippen LogP contribution in [0.3, 0.4) is 0 Å². The number of fused-ring (bicyclic) bond motifs is 1. The average Bonchev–Trinajstić information content (AvgIpc) is 2.86. The second-order valence-electron chi connectivity index (χ2n) is 7.51. The SMILES string of the molecule is COc1ccc(CC(=O)N(C/C=C/c2ccccc2)c2ccc3c(c2)OCCO3)cc1OC. The van der Waals surface area contributed by atoms with Gasteiger partial charge in [-0.1, -0.05) is 48.6 Å². The second-order valence-corrected chi connectivity index (χ2v) is 7.51. The van der Waals surface area contributed by atoms with Crippen LogP contribution >= 0.6 is 0 Å². The zero-order valence-corrected chi connectivity index (χ0v) is 18.8. The quantitative estimate of drug-likeness (QED) is 0.500. The molecule has 1 aliphatic heterocycles. The molecule has 0 fully saturated rings. The Morgan fingerprint density at radius 2 is 1.67 bits per heavy atom. The summed E-state index contributed by atoms with van der Waals surface area (Å²) in [4.78, 5) is 15.2. The molecule has 0 unspecified atom stereocenters. The molecule has 0 spiro atoms. The Bertz CT molecular complexity index is 1130. The summed E-state index contributed by atoms with van der Waals surface area (Å²) in [6.07, 6.45) is 4.21. The molecule has 0 saturated carbocycles. The summed E-state index contributed by atoms with van der Waals surface area (Å²) in [5.74, 6) is 2.52. The van der Waals surface area contributed by atoms with Crippen molar-refractivity contribution in [1.29, 1.82) is 0 Å². The number of carbonyl (C=O) groups excluding carboxylic acids is 1. The number of hydrogen-bond acceptors (Lipinski definition) is 5. The van der Waals surface area contributed by atoms with Crippen LogP contribution in [0.25, 0.3) is 6.08 Å². The van der Waals surface area contributed by atoms with Crippen LogP contribution in [-0.4, -0.2) is 39.9 Å². The smallest absolute Gasteiger partial charge is 0.231 e. The van der Waals surface area contributed by atoms with Gasteiger partial charge in [-0.25, -0.2) is 0 Å². The molecule has 0 aromatic heterocycles. The van der Waals surface area contributed by atoms with Crippen LogP contribution in [-0.2, 0) is 11.2 Å². The molecular weight excluding hydrogens is 418 g/mol. The van der Waals surface area contributed by atoms with Gasteiger partial charge >= 0.3 is 0 Å². The van der Waals surface area contributed by atoms with E-state index in [1.807, 2.05) is 78.9 Å². The second kappa shape index (κ2) is 10.6. The lowest BCUT2D eigenvalue weighted by molar-refractivity contribution is -0.117. The molecule has 4 rings (SSSR count). The summed E-state index contributed by atoms with van der Waals surface area (Å²) >= 11 is 0. The van der Waals surface area contributed by atoms with Crippen LogP contribution in [0, 0.1) is 0 Å². The zero-order chi connectivity index (χ0) is 23.0. The Hall–Kier alpha value is -3.93. The molecule has 6 heteroatoms. The van der Waals surface area contributed by atoms with E-state index < -0.39 is 0 Å². The first-order valence-electron chi connectivity index (χ1n) is 10.8. The summed E-state index contributed by atoms with van der Waals surface area (Å²) < 4.78 is 22.1. The minimum absolute atomic E-state index is 0.0448. The highest BCUT2D eigenvalue weighted by molar-refractivity contribution is 5.95. The van der Waals surface area contributed by atoms with E-state index >= 15 is 0 Å². The molecule has 1 aliphatic rings. The number of amides is 1. The summed E-state index contributed by atoms with van der Waals surface area (Å²) in [6.45, 7) is 1.43. The van der Waals surface area contributed by atoms with Crippen LogP contribution in [0.4, 0.5) is 5.69 Å². The normalized spacial score (nSPS) is 12.4. The molecule has 0 atom stereocenters. The van der Waals surface area contributed by atoms with Crippen LogP contribution in [0.1, 0.15) is 11.1 Å². The minimum atomic E-state index is -0.0448. The predicted molar refractivity (Wildman–Crippen MR) is 129 cm³/mol. The lowest BCUT2D eigenvalue weighted by Gasteiger charge is -2.25. The van der Waals surface area contributed by atoms with Gasteiger partial charge in [0.15, 0.2) is 23.0 Å². The first kappa shape index (κ1) is 22.3. The maximum absolute atomic E-state index is 13.4. The third kappa shape index (κ3) is 5.47. The molecule has 6 nitrogen and oxygen atoms in total. The van der Waals surface area contributed by atoms with Crippen molar-refractivity contribution in [2.24, 2.45) is 0 Å². The Morgan fingerprint density at radius 1 is 0.909 bits per heavy atom. The maximum atomic E-state index is 13.4. The number of nitrogens with zero attached hydrogens (tertiary/aromatic N) is 1. The van der Waals surface area contributed by atoms with Gasteiger partial charge in [0.1, 0.15) is 13.2 Å². The fourth-order valence-electron chi connectivity index (χ4n) is 3.67. The molecular formula is C27H27NO5. The van der Waals surface area contributed by atoms with E-state index in [0.717, 1.165) is 16.8 Å². The Labute approximate surface area is 194 Å². The van der Waals surface area contributed by atoms with E-state index in [0.29, 0.717) is 42.8 Å². The Morgan fingerprint density at radius 3 is 2.42 bits per heavy atom. The van der Waals surface area contributed by atoms with Gasteiger partial charge in [-0.05, 0) is 35.4 Å². The minimum Gasteiger partial charge on any atom is -0.493 e. The average molecular weight is 446 g/mol. The van der Waals surface area contributed by atoms with Crippen molar-refractivity contribution < 1.29 is 23.7 Å². The van der Waals surface area contributed by atoms with Crippen molar-refractivity contribution in [3.63, 3.8) is 0 Å².